The molecule has 0 N–H and O–H groups in total. The Morgan fingerprint density at radius 1 is 1.27 bits per heavy atom. The minimum Gasteiger partial charge on any atom is -0.331 e. The zero-order valence-electron chi connectivity index (χ0n) is 8.77. The molecule has 76 valence electrons. The molecule has 0 amide bonds. The highest BCUT2D eigenvalue weighted by atomic mass is 16.1. The van der Waals surface area contributed by atoms with Gasteiger partial charge in [0.1, 0.15) is 0 Å². The quantitative estimate of drug-likeness (QED) is 0.696. The summed E-state index contributed by atoms with van der Waals surface area (Å²) < 4.78 is 1.72. The van der Waals surface area contributed by atoms with E-state index in [0.717, 1.165) is 17.5 Å². The summed E-state index contributed by atoms with van der Waals surface area (Å²) >= 11 is 0. The SMILES string of the molecule is Cc1ccc(-c2cn(C)c(C=O)n2)cc1. The van der Waals surface area contributed by atoms with Crippen LogP contribution in [0.2, 0.25) is 0 Å². The molecule has 0 aliphatic carbocycles. The van der Waals surface area contributed by atoms with Crippen LogP contribution in [0.1, 0.15) is 16.2 Å². The van der Waals surface area contributed by atoms with E-state index in [9.17, 15) is 4.79 Å². The van der Waals surface area contributed by atoms with Crippen LogP contribution in [0.3, 0.4) is 0 Å². The summed E-state index contributed by atoms with van der Waals surface area (Å²) in [4.78, 5) is 14.9. The molecule has 0 fully saturated rings. The lowest BCUT2D eigenvalue weighted by atomic mass is 10.1. The number of carbonyl (C=O) groups excluding carboxylic acids is 1. The number of nitrogens with zero attached hydrogens (tertiary/aromatic N) is 2. The predicted molar refractivity (Wildman–Crippen MR) is 58.8 cm³/mol. The Bertz CT molecular complexity index is 483. The second-order valence-corrected chi connectivity index (χ2v) is 3.58. The Balaban J connectivity index is 2.45. The molecule has 0 aliphatic rings. The van der Waals surface area contributed by atoms with E-state index in [1.165, 1.54) is 5.56 Å². The summed E-state index contributed by atoms with van der Waals surface area (Å²) in [6.07, 6.45) is 2.62. The molecule has 3 nitrogen and oxygen atoms in total. The van der Waals surface area contributed by atoms with Gasteiger partial charge in [0, 0.05) is 18.8 Å². The minimum atomic E-state index is 0.450. The van der Waals surface area contributed by atoms with Crippen molar-refractivity contribution in [2.45, 2.75) is 6.92 Å². The van der Waals surface area contributed by atoms with Crippen LogP contribution < -0.4 is 0 Å². The maximum Gasteiger partial charge on any atom is 0.185 e. The fourth-order valence-electron chi connectivity index (χ4n) is 1.45. The minimum absolute atomic E-state index is 0.450. The first-order chi connectivity index (χ1) is 7.20. The van der Waals surface area contributed by atoms with Gasteiger partial charge in [-0.2, -0.15) is 0 Å². The number of hydrogen-bond acceptors (Lipinski definition) is 2. The lowest BCUT2D eigenvalue weighted by Crippen LogP contribution is -1.92. The van der Waals surface area contributed by atoms with E-state index < -0.39 is 0 Å². The number of benzene rings is 1. The number of aromatic nitrogens is 2. The molecule has 1 heterocycles. The molecule has 0 saturated carbocycles. The molecule has 0 spiro atoms. The highest BCUT2D eigenvalue weighted by Crippen LogP contribution is 2.18. The molecule has 0 radical (unpaired) electrons. The lowest BCUT2D eigenvalue weighted by molar-refractivity contribution is 0.111. The average molecular weight is 200 g/mol. The van der Waals surface area contributed by atoms with E-state index in [4.69, 9.17) is 0 Å². The van der Waals surface area contributed by atoms with Crippen molar-refractivity contribution in [3.63, 3.8) is 0 Å². The Morgan fingerprint density at radius 3 is 2.47 bits per heavy atom. The summed E-state index contributed by atoms with van der Waals surface area (Å²) in [6, 6.07) is 8.08. The van der Waals surface area contributed by atoms with Crippen molar-refractivity contribution in [2.24, 2.45) is 7.05 Å². The van der Waals surface area contributed by atoms with Gasteiger partial charge in [-0.05, 0) is 6.92 Å². The fraction of sp³-hybridized carbons (Fsp3) is 0.167. The molecule has 0 atom stereocenters. The average Bonchev–Trinajstić information content (AvgIpc) is 2.61. The Morgan fingerprint density at radius 2 is 1.93 bits per heavy atom. The van der Waals surface area contributed by atoms with E-state index >= 15 is 0 Å². The zero-order chi connectivity index (χ0) is 10.8. The van der Waals surface area contributed by atoms with Gasteiger partial charge in [0.05, 0.1) is 5.69 Å². The molecule has 2 aromatic rings. The van der Waals surface area contributed by atoms with E-state index in [-0.39, 0.29) is 0 Å². The third-order valence-electron chi connectivity index (χ3n) is 2.37. The highest BCUT2D eigenvalue weighted by Gasteiger charge is 2.05. The maximum atomic E-state index is 10.6. The lowest BCUT2D eigenvalue weighted by Gasteiger charge is -1.96. The molecule has 15 heavy (non-hydrogen) atoms. The van der Waals surface area contributed by atoms with E-state index in [0.29, 0.717) is 5.82 Å². The van der Waals surface area contributed by atoms with Crippen LogP contribution in [0, 0.1) is 6.92 Å². The van der Waals surface area contributed by atoms with Gasteiger partial charge in [0.2, 0.25) is 0 Å². The normalized spacial score (nSPS) is 10.3. The van der Waals surface area contributed by atoms with E-state index in [1.54, 1.807) is 4.57 Å². The molecular weight excluding hydrogens is 188 g/mol. The first-order valence-electron chi connectivity index (χ1n) is 4.76. The molecule has 2 rings (SSSR count). The number of hydrogen-bond donors (Lipinski definition) is 0. The van der Waals surface area contributed by atoms with Gasteiger partial charge in [0.15, 0.2) is 12.1 Å². The Labute approximate surface area is 88.4 Å². The topological polar surface area (TPSA) is 34.9 Å². The number of imidazole rings is 1. The summed E-state index contributed by atoms with van der Waals surface area (Å²) in [6.45, 7) is 2.04. The maximum absolute atomic E-state index is 10.6. The Kier molecular flexibility index (Phi) is 2.37. The van der Waals surface area contributed by atoms with Crippen molar-refractivity contribution >= 4 is 6.29 Å². The molecule has 3 heteroatoms. The van der Waals surface area contributed by atoms with Crippen molar-refractivity contribution in [1.29, 1.82) is 0 Å². The largest absolute Gasteiger partial charge is 0.331 e. The van der Waals surface area contributed by atoms with Crippen molar-refractivity contribution < 1.29 is 4.79 Å². The van der Waals surface area contributed by atoms with Crippen LogP contribution in [0.25, 0.3) is 11.3 Å². The van der Waals surface area contributed by atoms with E-state index in [2.05, 4.69) is 4.98 Å². The van der Waals surface area contributed by atoms with E-state index in [1.807, 2.05) is 44.4 Å². The third-order valence-corrected chi connectivity index (χ3v) is 2.37. The number of rotatable bonds is 2. The fourth-order valence-corrected chi connectivity index (χ4v) is 1.45. The van der Waals surface area contributed by atoms with Crippen LogP contribution in [0.5, 0.6) is 0 Å². The predicted octanol–water partition coefficient (Wildman–Crippen LogP) is 2.21. The first-order valence-corrected chi connectivity index (χ1v) is 4.76. The van der Waals surface area contributed by atoms with Crippen LogP contribution in [-0.2, 0) is 7.05 Å². The number of aldehydes is 1. The highest BCUT2D eigenvalue weighted by molar-refractivity contribution is 5.72. The summed E-state index contributed by atoms with van der Waals surface area (Å²) in [5, 5.41) is 0. The van der Waals surface area contributed by atoms with Crippen molar-refractivity contribution in [1.82, 2.24) is 9.55 Å². The summed E-state index contributed by atoms with van der Waals surface area (Å²) in [5.74, 6) is 0.450. The van der Waals surface area contributed by atoms with Crippen LogP contribution in [-0.4, -0.2) is 15.8 Å². The molecule has 1 aromatic heterocycles. The van der Waals surface area contributed by atoms with Gasteiger partial charge in [-0.1, -0.05) is 29.8 Å². The van der Waals surface area contributed by atoms with Crippen molar-refractivity contribution in [3.05, 3.63) is 41.9 Å². The van der Waals surface area contributed by atoms with Gasteiger partial charge in [-0.3, -0.25) is 4.79 Å². The van der Waals surface area contributed by atoms with Crippen LogP contribution in [0.15, 0.2) is 30.5 Å². The third kappa shape index (κ3) is 1.81. The standard InChI is InChI=1S/C12H12N2O/c1-9-3-5-10(6-4-9)11-7-14(2)12(8-15)13-11/h3-8H,1-2H3. The zero-order valence-corrected chi connectivity index (χ0v) is 8.77. The molecule has 0 aliphatic heterocycles. The molecular formula is C12H12N2O. The second-order valence-electron chi connectivity index (χ2n) is 3.58. The van der Waals surface area contributed by atoms with Gasteiger partial charge in [-0.25, -0.2) is 4.98 Å². The second kappa shape index (κ2) is 3.69. The van der Waals surface area contributed by atoms with Crippen molar-refractivity contribution in [3.8, 4) is 11.3 Å². The molecule has 1 aromatic carbocycles. The summed E-state index contributed by atoms with van der Waals surface area (Å²) in [5.41, 5.74) is 3.08. The van der Waals surface area contributed by atoms with Gasteiger partial charge >= 0.3 is 0 Å². The first kappa shape index (κ1) is 9.65. The monoisotopic (exact) mass is 200 g/mol. The molecule has 0 bridgehead atoms. The Hall–Kier alpha value is -1.90. The van der Waals surface area contributed by atoms with Gasteiger partial charge in [0.25, 0.3) is 0 Å². The number of aryl methyl sites for hydroxylation is 2. The number of carbonyl (C=O) groups is 1. The molecule has 0 saturated heterocycles. The molecule has 0 unspecified atom stereocenters. The van der Waals surface area contributed by atoms with Crippen LogP contribution in [0.4, 0.5) is 0 Å². The van der Waals surface area contributed by atoms with Gasteiger partial charge in [-0.15, -0.1) is 0 Å². The summed E-state index contributed by atoms with van der Waals surface area (Å²) in [7, 11) is 1.81. The van der Waals surface area contributed by atoms with Crippen LogP contribution >= 0.6 is 0 Å². The van der Waals surface area contributed by atoms with Crippen molar-refractivity contribution in [2.75, 3.05) is 0 Å². The smallest absolute Gasteiger partial charge is 0.185 e. The van der Waals surface area contributed by atoms with Gasteiger partial charge < -0.3 is 4.57 Å².